The molecule has 1 saturated heterocycles. The molecule has 3 aromatic rings. The van der Waals surface area contributed by atoms with Gasteiger partial charge in [-0.25, -0.2) is 9.07 Å². The van der Waals surface area contributed by atoms with E-state index in [2.05, 4.69) is 15.4 Å². The number of hydrogen-bond donors (Lipinski definition) is 1. The summed E-state index contributed by atoms with van der Waals surface area (Å²) >= 11 is 0. The van der Waals surface area contributed by atoms with Crippen molar-refractivity contribution >= 4 is 5.91 Å². The van der Waals surface area contributed by atoms with Crippen LogP contribution >= 0.6 is 0 Å². The van der Waals surface area contributed by atoms with Crippen molar-refractivity contribution in [3.05, 3.63) is 72.1 Å². The molecule has 3 atom stereocenters. The van der Waals surface area contributed by atoms with Crippen molar-refractivity contribution in [3.63, 3.8) is 0 Å². The summed E-state index contributed by atoms with van der Waals surface area (Å²) in [6, 6.07) is 7.98. The maximum Gasteiger partial charge on any atom is 0.226 e. The molecule has 1 amide bonds. The van der Waals surface area contributed by atoms with Crippen LogP contribution in [0.1, 0.15) is 36.6 Å². The zero-order chi connectivity index (χ0) is 21.1. The highest BCUT2D eigenvalue weighted by atomic mass is 19.1. The molecule has 156 valence electrons. The molecule has 0 saturated carbocycles. The van der Waals surface area contributed by atoms with Gasteiger partial charge in [0.15, 0.2) is 0 Å². The van der Waals surface area contributed by atoms with E-state index in [0.29, 0.717) is 24.5 Å². The second-order valence-corrected chi connectivity index (χ2v) is 7.20. The summed E-state index contributed by atoms with van der Waals surface area (Å²) in [5.41, 5.74) is 1.94. The van der Waals surface area contributed by atoms with Gasteiger partial charge in [-0.2, -0.15) is 5.10 Å². The van der Waals surface area contributed by atoms with E-state index in [0.717, 1.165) is 11.1 Å². The van der Waals surface area contributed by atoms with Gasteiger partial charge in [0.1, 0.15) is 17.3 Å². The molecule has 3 heterocycles. The Morgan fingerprint density at radius 1 is 1.33 bits per heavy atom. The highest BCUT2D eigenvalue weighted by Gasteiger charge is 2.36. The van der Waals surface area contributed by atoms with Crippen molar-refractivity contribution in [2.75, 3.05) is 13.7 Å². The van der Waals surface area contributed by atoms with Crippen molar-refractivity contribution in [1.82, 2.24) is 20.1 Å². The number of benzene rings is 1. The number of ether oxygens (including phenoxy) is 2. The van der Waals surface area contributed by atoms with Gasteiger partial charge in [0, 0.05) is 30.1 Å². The van der Waals surface area contributed by atoms with E-state index in [1.165, 1.54) is 10.7 Å². The van der Waals surface area contributed by atoms with Gasteiger partial charge >= 0.3 is 0 Å². The molecule has 0 spiro atoms. The summed E-state index contributed by atoms with van der Waals surface area (Å²) in [4.78, 5) is 17.1. The number of para-hydroxylation sites is 1. The summed E-state index contributed by atoms with van der Waals surface area (Å²) in [6.07, 6.45) is 6.79. The lowest BCUT2D eigenvalue weighted by atomic mass is 9.95. The first-order chi connectivity index (χ1) is 14.6. The number of halogens is 1. The van der Waals surface area contributed by atoms with E-state index < -0.39 is 6.10 Å². The predicted octanol–water partition coefficient (Wildman–Crippen LogP) is 3.37. The minimum atomic E-state index is -0.433. The Balaban J connectivity index is 1.50. The van der Waals surface area contributed by atoms with Gasteiger partial charge in [0.2, 0.25) is 5.91 Å². The SMILES string of the molecule is COc1cnccc1[C@H](C)NC(=O)[C@H]1CCO[C@@H]1c1cnn(-c2ccccc2F)c1. The number of methoxy groups -OCH3 is 1. The Morgan fingerprint density at radius 2 is 2.17 bits per heavy atom. The van der Waals surface area contributed by atoms with Gasteiger partial charge in [-0.1, -0.05) is 12.1 Å². The lowest BCUT2D eigenvalue weighted by molar-refractivity contribution is -0.127. The van der Waals surface area contributed by atoms with Crippen LogP contribution in [0.5, 0.6) is 5.75 Å². The first-order valence-electron chi connectivity index (χ1n) is 9.78. The third kappa shape index (κ3) is 3.91. The summed E-state index contributed by atoms with van der Waals surface area (Å²) in [7, 11) is 1.57. The van der Waals surface area contributed by atoms with Gasteiger partial charge in [-0.3, -0.25) is 9.78 Å². The van der Waals surface area contributed by atoms with Crippen molar-refractivity contribution in [2.24, 2.45) is 5.92 Å². The minimum Gasteiger partial charge on any atom is -0.495 e. The van der Waals surface area contributed by atoms with Crippen LogP contribution in [0.2, 0.25) is 0 Å². The molecule has 1 aliphatic rings. The van der Waals surface area contributed by atoms with Crippen LogP contribution in [0.4, 0.5) is 4.39 Å². The molecule has 8 heteroatoms. The summed E-state index contributed by atoms with van der Waals surface area (Å²) < 4.78 is 26.7. The minimum absolute atomic E-state index is 0.109. The average Bonchev–Trinajstić information content (AvgIpc) is 3.43. The standard InChI is InChI=1S/C22H23FN4O3/c1-14(16-7-9-24-12-20(16)29-2)26-22(28)17-8-10-30-21(17)15-11-25-27(13-15)19-6-4-3-5-18(19)23/h3-7,9,11-14,17,21H,8,10H2,1-2H3,(H,26,28)/t14-,17-,21+/m0/s1. The molecule has 4 rings (SSSR count). The summed E-state index contributed by atoms with van der Waals surface area (Å²) in [6.45, 7) is 2.37. The van der Waals surface area contributed by atoms with Crippen molar-refractivity contribution < 1.29 is 18.7 Å². The maximum absolute atomic E-state index is 14.1. The lowest BCUT2D eigenvalue weighted by Crippen LogP contribution is -2.34. The van der Waals surface area contributed by atoms with Gasteiger partial charge in [-0.05, 0) is 31.5 Å². The van der Waals surface area contributed by atoms with Crippen molar-refractivity contribution in [3.8, 4) is 11.4 Å². The molecule has 0 bridgehead atoms. The Bertz CT molecular complexity index is 1040. The molecule has 1 aliphatic heterocycles. The van der Waals surface area contributed by atoms with Crippen LogP contribution in [0.3, 0.4) is 0 Å². The lowest BCUT2D eigenvalue weighted by Gasteiger charge is -2.21. The van der Waals surface area contributed by atoms with Crippen molar-refractivity contribution in [2.45, 2.75) is 25.5 Å². The monoisotopic (exact) mass is 410 g/mol. The first kappa shape index (κ1) is 20.0. The molecule has 1 fully saturated rings. The van der Waals surface area contributed by atoms with Crippen LogP contribution in [0.25, 0.3) is 5.69 Å². The first-order valence-corrected chi connectivity index (χ1v) is 9.78. The number of carbonyl (C=O) groups excluding carboxylic acids is 1. The van der Waals surface area contributed by atoms with Gasteiger partial charge < -0.3 is 14.8 Å². The van der Waals surface area contributed by atoms with E-state index in [9.17, 15) is 9.18 Å². The zero-order valence-corrected chi connectivity index (χ0v) is 16.8. The smallest absolute Gasteiger partial charge is 0.226 e. The predicted molar refractivity (Wildman–Crippen MR) is 108 cm³/mol. The topological polar surface area (TPSA) is 78.3 Å². The van der Waals surface area contributed by atoms with Crippen molar-refractivity contribution in [1.29, 1.82) is 0 Å². The molecule has 30 heavy (non-hydrogen) atoms. The second kappa shape index (κ2) is 8.62. The number of carbonyl (C=O) groups is 1. The van der Waals surface area contributed by atoms with Crippen LogP contribution < -0.4 is 10.1 Å². The van der Waals surface area contributed by atoms with E-state index in [1.54, 1.807) is 50.1 Å². The number of amides is 1. The Kier molecular flexibility index (Phi) is 5.76. The van der Waals surface area contributed by atoms with Gasteiger partial charge in [0.25, 0.3) is 0 Å². The van der Waals surface area contributed by atoms with E-state index in [1.807, 2.05) is 13.0 Å². The fourth-order valence-electron chi connectivity index (χ4n) is 3.76. The third-order valence-corrected chi connectivity index (χ3v) is 5.32. The van der Waals surface area contributed by atoms with Crippen LogP contribution in [-0.2, 0) is 9.53 Å². The number of pyridine rings is 1. The maximum atomic E-state index is 14.1. The van der Waals surface area contributed by atoms with Crippen LogP contribution in [0, 0.1) is 11.7 Å². The molecular formula is C22H23FN4O3. The van der Waals surface area contributed by atoms with E-state index >= 15 is 0 Å². The molecule has 1 N–H and O–H groups in total. The number of hydrogen-bond acceptors (Lipinski definition) is 5. The number of nitrogens with zero attached hydrogens (tertiary/aromatic N) is 3. The zero-order valence-electron chi connectivity index (χ0n) is 16.8. The number of rotatable bonds is 6. The Morgan fingerprint density at radius 3 is 2.97 bits per heavy atom. The second-order valence-electron chi connectivity index (χ2n) is 7.20. The molecule has 0 radical (unpaired) electrons. The fraction of sp³-hybridized carbons (Fsp3) is 0.318. The van der Waals surface area contributed by atoms with Gasteiger partial charge in [0.05, 0.1) is 37.6 Å². The Hall–Kier alpha value is -3.26. The van der Waals surface area contributed by atoms with Crippen LogP contribution in [0.15, 0.2) is 55.1 Å². The van der Waals surface area contributed by atoms with E-state index in [-0.39, 0.29) is 23.7 Å². The molecule has 0 aliphatic carbocycles. The summed E-state index contributed by atoms with van der Waals surface area (Å²) in [5, 5.41) is 7.30. The molecule has 7 nitrogen and oxygen atoms in total. The largest absolute Gasteiger partial charge is 0.495 e. The molecule has 0 unspecified atom stereocenters. The molecule has 1 aromatic carbocycles. The quantitative estimate of drug-likeness (QED) is 0.674. The number of aromatic nitrogens is 3. The Labute approximate surface area is 173 Å². The fourth-order valence-corrected chi connectivity index (χ4v) is 3.76. The molecular weight excluding hydrogens is 387 g/mol. The summed E-state index contributed by atoms with van der Waals surface area (Å²) in [5.74, 6) is -0.217. The normalized spacial score (nSPS) is 19.4. The number of nitrogens with one attached hydrogen (secondary N) is 1. The third-order valence-electron chi connectivity index (χ3n) is 5.32. The molecule has 2 aromatic heterocycles. The van der Waals surface area contributed by atoms with Gasteiger partial charge in [-0.15, -0.1) is 0 Å². The van der Waals surface area contributed by atoms with Crippen LogP contribution in [-0.4, -0.2) is 34.4 Å². The van der Waals surface area contributed by atoms with E-state index in [4.69, 9.17) is 9.47 Å². The highest BCUT2D eigenvalue weighted by molar-refractivity contribution is 5.80. The average molecular weight is 410 g/mol. The highest BCUT2D eigenvalue weighted by Crippen LogP contribution is 2.35.